The highest BCUT2D eigenvalue weighted by Gasteiger charge is 2.17. The van der Waals surface area contributed by atoms with Crippen molar-refractivity contribution in [1.29, 1.82) is 0 Å². The molecule has 0 aliphatic carbocycles. The van der Waals surface area contributed by atoms with Crippen molar-refractivity contribution in [2.45, 2.75) is 142 Å². The molecule has 0 radical (unpaired) electrons. The zero-order valence-electron chi connectivity index (χ0n) is 32.7. The molecule has 3 aromatic rings. The van der Waals surface area contributed by atoms with Gasteiger partial charge in [0, 0.05) is 17.7 Å². The van der Waals surface area contributed by atoms with Crippen molar-refractivity contribution in [3.05, 3.63) is 76.9 Å². The first-order valence-electron chi connectivity index (χ1n) is 19.6. The highest BCUT2D eigenvalue weighted by Crippen LogP contribution is 2.30. The molecular weight excluding hydrogens is 682 g/mol. The second kappa shape index (κ2) is 23.9. The summed E-state index contributed by atoms with van der Waals surface area (Å²) in [6.45, 7) is 11.6. The Morgan fingerprint density at radius 1 is 0.704 bits per heavy atom. The van der Waals surface area contributed by atoms with Gasteiger partial charge in [-0.2, -0.15) is 0 Å². The molecule has 0 fully saturated rings. The zero-order valence-corrected chi connectivity index (χ0v) is 32.7. The lowest BCUT2D eigenvalue weighted by Gasteiger charge is -2.16. The molecule has 0 saturated heterocycles. The number of benzene rings is 3. The Morgan fingerprint density at radius 3 is 1.81 bits per heavy atom. The maximum Gasteiger partial charge on any atom is 0.164 e. The Bertz CT molecular complexity index is 1670. The van der Waals surface area contributed by atoms with E-state index < -0.39 is 12.2 Å². The number of ether oxygens (including phenoxy) is 2. The van der Waals surface area contributed by atoms with Gasteiger partial charge in [0.05, 0.1) is 29.9 Å². The average molecular weight is 744 g/mol. The number of aliphatic hydroxyl groups is 1. The Labute approximate surface area is 321 Å². The monoisotopic (exact) mass is 743 g/mol. The van der Waals surface area contributed by atoms with Crippen molar-refractivity contribution in [2.75, 3.05) is 0 Å². The maximum absolute atomic E-state index is 11.1. The van der Waals surface area contributed by atoms with Crippen molar-refractivity contribution in [1.82, 2.24) is 0 Å². The number of carbonyl (C=O) groups is 1. The normalized spacial score (nSPS) is 13.6. The van der Waals surface area contributed by atoms with Crippen LogP contribution in [0.2, 0.25) is 0 Å². The fourth-order valence-electron chi connectivity index (χ4n) is 6.12. The number of carbonyl (C=O) groups excluding carboxylic acids is 1. The summed E-state index contributed by atoms with van der Waals surface area (Å²) in [5.41, 5.74) is 1.60. The summed E-state index contributed by atoms with van der Waals surface area (Å²) in [7, 11) is 0. The summed E-state index contributed by atoms with van der Waals surface area (Å²) in [6.07, 6.45) is 14.7. The van der Waals surface area contributed by atoms with Gasteiger partial charge in [-0.1, -0.05) is 96.6 Å². The molecule has 0 aliphatic heterocycles. The number of hydrogen-bond acceptors (Lipinski definition) is 8. The molecule has 10 nitrogen and oxygen atoms in total. The molecule has 0 spiro atoms. The van der Waals surface area contributed by atoms with Gasteiger partial charge in [-0.25, -0.2) is 9.98 Å². The molecule has 4 N–H and O–H groups in total. The molecule has 0 bridgehead atoms. The summed E-state index contributed by atoms with van der Waals surface area (Å²) in [5.74, 6) is 0.509. The molecule has 0 aliphatic rings. The van der Waals surface area contributed by atoms with E-state index in [1.807, 2.05) is 6.92 Å². The predicted octanol–water partition coefficient (Wildman–Crippen LogP) is 10.2. The lowest BCUT2D eigenvalue weighted by atomic mass is 10.0. The first kappa shape index (κ1) is 43.7. The van der Waals surface area contributed by atoms with Crippen LogP contribution in [0, 0.1) is 0 Å². The Kier molecular flexibility index (Phi) is 19.3. The van der Waals surface area contributed by atoms with Gasteiger partial charge in [0.1, 0.15) is 28.7 Å². The number of rotatable bonds is 24. The molecule has 0 amide bonds. The van der Waals surface area contributed by atoms with E-state index in [1.54, 1.807) is 49.4 Å². The van der Waals surface area contributed by atoms with Crippen LogP contribution in [0.5, 0.6) is 28.7 Å². The van der Waals surface area contributed by atoms with Gasteiger partial charge >= 0.3 is 0 Å². The third kappa shape index (κ3) is 14.6. The largest absolute Gasteiger partial charge is 0.508 e. The molecule has 3 rings (SSSR count). The van der Waals surface area contributed by atoms with Crippen LogP contribution in [0.1, 0.15) is 146 Å². The SMILES string of the molecule is C=NC(=NC(=NCc1ccc(C(O)CCCCCCCC)cc1O)c1ccc(OC(C)C=O)cc1O)c1ccc(OC(C)CCCCCCCC)cc1O. The second-order valence-corrected chi connectivity index (χ2v) is 14.0. The molecule has 3 atom stereocenters. The van der Waals surface area contributed by atoms with E-state index in [1.165, 1.54) is 63.5 Å². The van der Waals surface area contributed by atoms with Gasteiger partial charge in [0.25, 0.3) is 0 Å². The lowest BCUT2D eigenvalue weighted by molar-refractivity contribution is -0.113. The van der Waals surface area contributed by atoms with Crippen molar-refractivity contribution < 1.29 is 34.7 Å². The van der Waals surface area contributed by atoms with E-state index in [0.29, 0.717) is 29.6 Å². The highest BCUT2D eigenvalue weighted by atomic mass is 16.5. The molecular formula is C44H61N3O7. The number of phenols is 3. The van der Waals surface area contributed by atoms with E-state index in [2.05, 4.69) is 35.5 Å². The van der Waals surface area contributed by atoms with Gasteiger partial charge < -0.3 is 29.9 Å². The number of aromatic hydroxyl groups is 3. The van der Waals surface area contributed by atoms with Gasteiger partial charge in [-0.15, -0.1) is 0 Å². The number of phenolic OH excluding ortho intramolecular Hbond substituents is 3. The number of aliphatic hydroxyl groups excluding tert-OH is 1. The zero-order chi connectivity index (χ0) is 39.3. The van der Waals surface area contributed by atoms with Crippen LogP contribution in [-0.2, 0) is 11.3 Å². The molecule has 0 heterocycles. The maximum atomic E-state index is 11.1. The third-order valence-corrected chi connectivity index (χ3v) is 9.32. The number of aliphatic imine (C=N–C) groups is 3. The van der Waals surface area contributed by atoms with E-state index in [4.69, 9.17) is 9.47 Å². The van der Waals surface area contributed by atoms with Gasteiger partial charge in [-0.05, 0) is 75.7 Å². The highest BCUT2D eigenvalue weighted by molar-refractivity contribution is 6.14. The standard InChI is InChI=1S/C44H61N3O7/c1-6-8-10-12-14-16-18-31(3)53-35-22-24-37(41(51)27-35)43(45-5)47-44(38-25-23-36(28-42(38)52)54-32(4)30-48)46-29-34-21-20-33(26-40(34)50)39(49)19-17-15-13-11-9-7-2/h20-28,30-32,39,49-52H,5-19,29H2,1-4H3. The van der Waals surface area contributed by atoms with E-state index in [0.717, 1.165) is 32.1 Å². The third-order valence-electron chi connectivity index (χ3n) is 9.32. The molecule has 0 aromatic heterocycles. The first-order valence-corrected chi connectivity index (χ1v) is 19.6. The van der Waals surface area contributed by atoms with Crippen molar-refractivity contribution >= 4 is 24.7 Å². The van der Waals surface area contributed by atoms with E-state index in [-0.39, 0.29) is 58.4 Å². The predicted molar refractivity (Wildman–Crippen MR) is 218 cm³/mol. The molecule has 54 heavy (non-hydrogen) atoms. The molecule has 3 aromatic carbocycles. The fourth-order valence-corrected chi connectivity index (χ4v) is 6.12. The van der Waals surface area contributed by atoms with Crippen LogP contribution in [-0.4, -0.2) is 57.3 Å². The summed E-state index contributed by atoms with van der Waals surface area (Å²) in [5, 5.41) is 43.8. The quantitative estimate of drug-likeness (QED) is 0.0308. The van der Waals surface area contributed by atoms with E-state index >= 15 is 0 Å². The topological polar surface area (TPSA) is 154 Å². The Balaban J connectivity index is 1.86. The van der Waals surface area contributed by atoms with Crippen molar-refractivity contribution in [3.63, 3.8) is 0 Å². The minimum Gasteiger partial charge on any atom is -0.508 e. The lowest BCUT2D eigenvalue weighted by Crippen LogP contribution is -2.13. The number of aldehydes is 1. The molecule has 10 heteroatoms. The van der Waals surface area contributed by atoms with Crippen molar-refractivity contribution in [2.24, 2.45) is 15.0 Å². The van der Waals surface area contributed by atoms with Crippen LogP contribution in [0.15, 0.2) is 69.6 Å². The van der Waals surface area contributed by atoms with Gasteiger partial charge in [0.15, 0.2) is 24.1 Å². The van der Waals surface area contributed by atoms with Crippen LogP contribution < -0.4 is 9.47 Å². The fraction of sp³-hybridized carbons (Fsp3) is 0.500. The molecule has 294 valence electrons. The average Bonchev–Trinajstić information content (AvgIpc) is 3.15. The molecule has 3 unspecified atom stereocenters. The number of nitrogens with zero attached hydrogens (tertiary/aromatic N) is 3. The Morgan fingerprint density at radius 2 is 1.26 bits per heavy atom. The van der Waals surface area contributed by atoms with Crippen LogP contribution in [0.4, 0.5) is 0 Å². The second-order valence-electron chi connectivity index (χ2n) is 14.0. The van der Waals surface area contributed by atoms with Crippen LogP contribution in [0.3, 0.4) is 0 Å². The summed E-state index contributed by atoms with van der Waals surface area (Å²) < 4.78 is 11.6. The number of amidine groups is 2. The van der Waals surface area contributed by atoms with Gasteiger partial charge in [-0.3, -0.25) is 9.79 Å². The van der Waals surface area contributed by atoms with Gasteiger partial charge in [0.2, 0.25) is 0 Å². The van der Waals surface area contributed by atoms with E-state index in [9.17, 15) is 25.2 Å². The minimum absolute atomic E-state index is 0.0238. The van der Waals surface area contributed by atoms with Crippen molar-refractivity contribution in [3.8, 4) is 28.7 Å². The minimum atomic E-state index is -0.721. The first-order chi connectivity index (χ1) is 26.1. The number of hydrogen-bond donors (Lipinski definition) is 4. The summed E-state index contributed by atoms with van der Waals surface area (Å²) in [4.78, 5) is 24.5. The summed E-state index contributed by atoms with van der Waals surface area (Å²) >= 11 is 0. The smallest absolute Gasteiger partial charge is 0.164 e. The Hall–Kier alpha value is -4.70. The molecule has 0 saturated carbocycles. The van der Waals surface area contributed by atoms with Crippen LogP contribution >= 0.6 is 0 Å². The van der Waals surface area contributed by atoms with Crippen LogP contribution in [0.25, 0.3) is 0 Å². The number of unbranched alkanes of at least 4 members (excludes halogenated alkanes) is 10. The summed E-state index contributed by atoms with van der Waals surface area (Å²) in [6, 6.07) is 14.4.